The van der Waals surface area contributed by atoms with Crippen LogP contribution < -0.4 is 4.74 Å². The van der Waals surface area contributed by atoms with Crippen LogP contribution in [0.5, 0.6) is 5.75 Å². The highest BCUT2D eigenvalue weighted by molar-refractivity contribution is 6.30. The minimum atomic E-state index is -0.942. The molecule has 106 valence electrons. The van der Waals surface area contributed by atoms with Gasteiger partial charge in [-0.2, -0.15) is 0 Å². The van der Waals surface area contributed by atoms with E-state index in [1.165, 1.54) is 0 Å². The Bertz CT molecular complexity index is 613. The molecule has 0 heterocycles. The van der Waals surface area contributed by atoms with Crippen molar-refractivity contribution in [2.24, 2.45) is 0 Å². The van der Waals surface area contributed by atoms with Gasteiger partial charge in [-0.3, -0.25) is 0 Å². The lowest BCUT2D eigenvalue weighted by molar-refractivity contribution is 0.172. The molecular formula is C16H16ClFO2. The highest BCUT2D eigenvalue weighted by atomic mass is 35.5. The fourth-order valence-corrected chi connectivity index (χ4v) is 2.35. The quantitative estimate of drug-likeness (QED) is 0.921. The van der Waals surface area contributed by atoms with Gasteiger partial charge < -0.3 is 9.84 Å². The predicted octanol–water partition coefficient (Wildman–Crippen LogP) is 4.07. The highest BCUT2D eigenvalue weighted by Crippen LogP contribution is 2.29. The molecule has 0 bridgehead atoms. The summed E-state index contributed by atoms with van der Waals surface area (Å²) in [5, 5.41) is 10.8. The van der Waals surface area contributed by atoms with E-state index in [1.54, 1.807) is 50.4 Å². The molecule has 0 aliphatic carbocycles. The Morgan fingerprint density at radius 1 is 1.30 bits per heavy atom. The van der Waals surface area contributed by atoms with Crippen LogP contribution in [0.15, 0.2) is 36.4 Å². The Morgan fingerprint density at radius 3 is 2.75 bits per heavy atom. The van der Waals surface area contributed by atoms with Crippen molar-refractivity contribution in [2.45, 2.75) is 19.4 Å². The number of benzene rings is 2. The molecular weight excluding hydrogens is 279 g/mol. The van der Waals surface area contributed by atoms with Gasteiger partial charge in [0.15, 0.2) is 0 Å². The van der Waals surface area contributed by atoms with Gasteiger partial charge in [0.05, 0.1) is 13.2 Å². The fourth-order valence-electron chi connectivity index (χ4n) is 2.15. The first-order valence-electron chi connectivity index (χ1n) is 6.28. The SMILES string of the molecule is COc1ccc(Cl)cc1CC(O)c1cccc(C)c1F. The molecule has 1 atom stereocenters. The summed E-state index contributed by atoms with van der Waals surface area (Å²) in [6.45, 7) is 1.67. The molecule has 0 aromatic heterocycles. The molecule has 2 rings (SSSR count). The number of rotatable bonds is 4. The molecule has 2 aromatic rings. The van der Waals surface area contributed by atoms with Gasteiger partial charge in [0.1, 0.15) is 11.6 Å². The summed E-state index contributed by atoms with van der Waals surface area (Å²) in [5.41, 5.74) is 1.54. The van der Waals surface area contributed by atoms with Crippen LogP contribution in [0.3, 0.4) is 0 Å². The second kappa shape index (κ2) is 6.25. The van der Waals surface area contributed by atoms with E-state index in [0.29, 0.717) is 16.3 Å². The van der Waals surface area contributed by atoms with Gasteiger partial charge in [0.2, 0.25) is 0 Å². The Balaban J connectivity index is 2.30. The highest BCUT2D eigenvalue weighted by Gasteiger charge is 2.17. The van der Waals surface area contributed by atoms with Gasteiger partial charge in [-0.15, -0.1) is 0 Å². The normalized spacial score (nSPS) is 12.2. The van der Waals surface area contributed by atoms with Crippen molar-refractivity contribution >= 4 is 11.6 Å². The number of ether oxygens (including phenoxy) is 1. The lowest BCUT2D eigenvalue weighted by Crippen LogP contribution is -2.06. The third kappa shape index (κ3) is 3.11. The van der Waals surface area contributed by atoms with Crippen molar-refractivity contribution in [3.8, 4) is 5.75 Å². The maximum Gasteiger partial charge on any atom is 0.131 e. The summed E-state index contributed by atoms with van der Waals surface area (Å²) in [4.78, 5) is 0. The molecule has 2 aromatic carbocycles. The molecule has 1 N–H and O–H groups in total. The van der Waals surface area contributed by atoms with Crippen molar-refractivity contribution in [3.63, 3.8) is 0 Å². The van der Waals surface area contributed by atoms with Gasteiger partial charge in [-0.05, 0) is 36.2 Å². The van der Waals surface area contributed by atoms with Crippen molar-refractivity contribution in [2.75, 3.05) is 7.11 Å². The molecule has 0 saturated heterocycles. The number of hydrogen-bond donors (Lipinski definition) is 1. The molecule has 20 heavy (non-hydrogen) atoms. The Kier molecular flexibility index (Phi) is 4.63. The van der Waals surface area contributed by atoms with Crippen LogP contribution in [0.2, 0.25) is 5.02 Å². The number of aliphatic hydroxyl groups is 1. The largest absolute Gasteiger partial charge is 0.496 e. The predicted molar refractivity (Wildman–Crippen MR) is 77.8 cm³/mol. The van der Waals surface area contributed by atoms with Gasteiger partial charge in [-0.1, -0.05) is 29.8 Å². The summed E-state index contributed by atoms with van der Waals surface area (Å²) >= 11 is 5.95. The molecule has 2 nitrogen and oxygen atoms in total. The summed E-state index contributed by atoms with van der Waals surface area (Å²) < 4.78 is 19.2. The van der Waals surface area contributed by atoms with Crippen molar-refractivity contribution < 1.29 is 14.2 Å². The second-order valence-corrected chi connectivity index (χ2v) is 5.09. The molecule has 0 spiro atoms. The smallest absolute Gasteiger partial charge is 0.131 e. The van der Waals surface area contributed by atoms with Gasteiger partial charge in [0, 0.05) is 17.0 Å². The monoisotopic (exact) mass is 294 g/mol. The van der Waals surface area contributed by atoms with Gasteiger partial charge in [0.25, 0.3) is 0 Å². The average Bonchev–Trinajstić information content (AvgIpc) is 2.42. The summed E-state index contributed by atoms with van der Waals surface area (Å²) in [7, 11) is 1.55. The standard InChI is InChI=1S/C16H16ClFO2/c1-10-4-3-5-13(16(10)18)14(19)9-11-8-12(17)6-7-15(11)20-2/h3-8,14,19H,9H2,1-2H3. The van der Waals surface area contributed by atoms with E-state index >= 15 is 0 Å². The molecule has 0 amide bonds. The summed E-state index contributed by atoms with van der Waals surface area (Å²) in [6.07, 6.45) is -0.702. The van der Waals surface area contributed by atoms with Crippen molar-refractivity contribution in [3.05, 3.63) is 63.9 Å². The van der Waals surface area contributed by atoms with Crippen LogP contribution in [0.25, 0.3) is 0 Å². The minimum Gasteiger partial charge on any atom is -0.496 e. The number of halogens is 2. The van der Waals surface area contributed by atoms with E-state index in [0.717, 1.165) is 5.56 Å². The summed E-state index contributed by atoms with van der Waals surface area (Å²) in [6, 6.07) is 10.2. The summed E-state index contributed by atoms with van der Waals surface area (Å²) in [5.74, 6) is 0.252. The van der Waals surface area contributed by atoms with E-state index < -0.39 is 6.10 Å². The molecule has 0 aliphatic heterocycles. The lowest BCUT2D eigenvalue weighted by Gasteiger charge is -2.15. The molecule has 0 saturated carbocycles. The number of aliphatic hydroxyl groups excluding tert-OH is 1. The van der Waals surface area contributed by atoms with Crippen LogP contribution >= 0.6 is 11.6 Å². The third-order valence-electron chi connectivity index (χ3n) is 3.24. The lowest BCUT2D eigenvalue weighted by atomic mass is 9.99. The van der Waals surface area contributed by atoms with Crippen LogP contribution in [0.4, 0.5) is 4.39 Å². The zero-order valence-corrected chi connectivity index (χ0v) is 12.1. The third-order valence-corrected chi connectivity index (χ3v) is 3.47. The van der Waals surface area contributed by atoms with E-state index in [9.17, 15) is 9.50 Å². The number of hydrogen-bond acceptors (Lipinski definition) is 2. The van der Waals surface area contributed by atoms with E-state index in [-0.39, 0.29) is 17.8 Å². The second-order valence-electron chi connectivity index (χ2n) is 4.65. The minimum absolute atomic E-state index is 0.240. The molecule has 0 fully saturated rings. The maximum atomic E-state index is 14.0. The molecule has 1 unspecified atom stereocenters. The Hall–Kier alpha value is -1.58. The van der Waals surface area contributed by atoms with Crippen molar-refractivity contribution in [1.82, 2.24) is 0 Å². The number of aryl methyl sites for hydroxylation is 1. The van der Waals surface area contributed by atoms with E-state index in [1.807, 2.05) is 0 Å². The van der Waals surface area contributed by atoms with Gasteiger partial charge >= 0.3 is 0 Å². The zero-order chi connectivity index (χ0) is 14.7. The fraction of sp³-hybridized carbons (Fsp3) is 0.250. The molecule has 0 radical (unpaired) electrons. The van der Waals surface area contributed by atoms with Crippen LogP contribution in [0, 0.1) is 12.7 Å². The van der Waals surface area contributed by atoms with E-state index in [2.05, 4.69) is 0 Å². The first-order valence-corrected chi connectivity index (χ1v) is 6.66. The first kappa shape index (κ1) is 14.8. The van der Waals surface area contributed by atoms with E-state index in [4.69, 9.17) is 16.3 Å². The average molecular weight is 295 g/mol. The van der Waals surface area contributed by atoms with Crippen LogP contribution in [-0.4, -0.2) is 12.2 Å². The maximum absolute atomic E-state index is 14.0. The van der Waals surface area contributed by atoms with Crippen LogP contribution in [0.1, 0.15) is 22.8 Å². The van der Waals surface area contributed by atoms with Gasteiger partial charge in [-0.25, -0.2) is 4.39 Å². The topological polar surface area (TPSA) is 29.5 Å². The van der Waals surface area contributed by atoms with Crippen LogP contribution in [-0.2, 0) is 6.42 Å². The zero-order valence-electron chi connectivity index (χ0n) is 11.4. The van der Waals surface area contributed by atoms with Crippen molar-refractivity contribution in [1.29, 1.82) is 0 Å². The number of methoxy groups -OCH3 is 1. The Labute approximate surface area is 122 Å². The molecule has 0 aliphatic rings. The molecule has 4 heteroatoms. The Morgan fingerprint density at radius 2 is 2.05 bits per heavy atom. The first-order chi connectivity index (χ1) is 9.52.